The van der Waals surface area contributed by atoms with Crippen LogP contribution >= 0.6 is 0 Å². The third-order valence-electron chi connectivity index (χ3n) is 3.68. The number of ether oxygens (including phenoxy) is 1. The lowest BCUT2D eigenvalue weighted by Gasteiger charge is -2.09. The number of anilines is 1. The molecule has 1 atom stereocenters. The summed E-state index contributed by atoms with van der Waals surface area (Å²) in [6.07, 6.45) is 0.760. The summed E-state index contributed by atoms with van der Waals surface area (Å²) in [6, 6.07) is 16.7. The van der Waals surface area contributed by atoms with E-state index in [0.717, 1.165) is 6.42 Å². The van der Waals surface area contributed by atoms with Crippen molar-refractivity contribution >= 4 is 17.6 Å². The summed E-state index contributed by atoms with van der Waals surface area (Å²) in [5, 5.41) is 11.7. The molecule has 1 amide bonds. The zero-order chi connectivity index (χ0) is 17.4. The monoisotopic (exact) mass is 327 g/mol. The van der Waals surface area contributed by atoms with E-state index in [0.29, 0.717) is 17.9 Å². The summed E-state index contributed by atoms with van der Waals surface area (Å²) in [5.41, 5.74) is 2.48. The summed E-state index contributed by atoms with van der Waals surface area (Å²) < 4.78 is 5.38. The fourth-order valence-corrected chi connectivity index (χ4v) is 2.19. The quantitative estimate of drug-likeness (QED) is 0.731. The van der Waals surface area contributed by atoms with E-state index < -0.39 is 11.9 Å². The summed E-state index contributed by atoms with van der Waals surface area (Å²) in [7, 11) is 0. The Morgan fingerprint density at radius 2 is 1.75 bits per heavy atom. The second kappa shape index (κ2) is 8.84. The largest absolute Gasteiger partial charge is 0.481 e. The first kappa shape index (κ1) is 17.7. The first-order chi connectivity index (χ1) is 11.6. The predicted octanol–water partition coefficient (Wildman–Crippen LogP) is 3.07. The Hall–Kier alpha value is -2.66. The number of nitrogens with one attached hydrogen (secondary N) is 1. The van der Waals surface area contributed by atoms with Crippen molar-refractivity contribution in [2.45, 2.75) is 19.3 Å². The molecule has 5 nitrogen and oxygen atoms in total. The van der Waals surface area contributed by atoms with Crippen LogP contribution in [0.3, 0.4) is 0 Å². The van der Waals surface area contributed by atoms with Gasteiger partial charge in [-0.25, -0.2) is 0 Å². The molecule has 0 aromatic heterocycles. The Morgan fingerprint density at radius 1 is 1.08 bits per heavy atom. The number of carboxylic acid groups (broad SMARTS) is 1. The summed E-state index contributed by atoms with van der Waals surface area (Å²) in [6.45, 7) is 2.09. The highest BCUT2D eigenvalue weighted by Gasteiger charge is 2.13. The van der Waals surface area contributed by atoms with Crippen LogP contribution in [-0.4, -0.2) is 30.2 Å². The van der Waals surface area contributed by atoms with Crippen molar-refractivity contribution in [3.63, 3.8) is 0 Å². The molecule has 24 heavy (non-hydrogen) atoms. The van der Waals surface area contributed by atoms with Crippen molar-refractivity contribution in [2.24, 2.45) is 0 Å². The highest BCUT2D eigenvalue weighted by molar-refractivity contribution is 5.91. The number of hydrogen-bond acceptors (Lipinski definition) is 3. The van der Waals surface area contributed by atoms with Crippen LogP contribution in [0.15, 0.2) is 54.6 Å². The number of aliphatic carboxylic acids is 1. The van der Waals surface area contributed by atoms with Gasteiger partial charge in [0, 0.05) is 5.69 Å². The molecule has 5 heteroatoms. The fraction of sp³-hybridized carbons (Fsp3) is 0.263. The van der Waals surface area contributed by atoms with Gasteiger partial charge in [-0.2, -0.15) is 0 Å². The number of amides is 1. The minimum atomic E-state index is -0.876. The fourth-order valence-electron chi connectivity index (χ4n) is 2.19. The Labute approximate surface area is 141 Å². The van der Waals surface area contributed by atoms with Gasteiger partial charge in [0.15, 0.2) is 0 Å². The molecule has 0 aliphatic rings. The SMILES string of the molecule is CC(C(=O)O)c1ccc(NC(=O)COCCc2ccccc2)cc1. The maximum absolute atomic E-state index is 11.8. The van der Waals surface area contributed by atoms with Gasteiger partial charge in [0.05, 0.1) is 12.5 Å². The zero-order valence-corrected chi connectivity index (χ0v) is 13.6. The van der Waals surface area contributed by atoms with Gasteiger partial charge in [-0.05, 0) is 36.6 Å². The zero-order valence-electron chi connectivity index (χ0n) is 13.6. The lowest BCUT2D eigenvalue weighted by Crippen LogP contribution is -2.19. The molecule has 0 saturated heterocycles. The molecule has 2 aromatic rings. The number of rotatable bonds is 8. The molecule has 2 rings (SSSR count). The van der Waals surface area contributed by atoms with Gasteiger partial charge < -0.3 is 15.2 Å². The van der Waals surface area contributed by atoms with Crippen molar-refractivity contribution in [2.75, 3.05) is 18.5 Å². The number of hydrogen-bond donors (Lipinski definition) is 2. The molecule has 0 radical (unpaired) electrons. The molecule has 0 fully saturated rings. The van der Waals surface area contributed by atoms with Gasteiger partial charge in [-0.3, -0.25) is 9.59 Å². The lowest BCUT2D eigenvalue weighted by atomic mass is 10.0. The lowest BCUT2D eigenvalue weighted by molar-refractivity contribution is -0.138. The Balaban J connectivity index is 1.73. The number of carbonyl (C=O) groups is 2. The normalized spacial score (nSPS) is 11.7. The van der Waals surface area contributed by atoms with E-state index >= 15 is 0 Å². The van der Waals surface area contributed by atoms with Crippen LogP contribution in [0.25, 0.3) is 0 Å². The summed E-state index contributed by atoms with van der Waals surface area (Å²) in [4.78, 5) is 22.7. The van der Waals surface area contributed by atoms with E-state index in [-0.39, 0.29) is 12.5 Å². The standard InChI is InChI=1S/C19H21NO4/c1-14(19(22)23)16-7-9-17(10-8-16)20-18(21)13-24-12-11-15-5-3-2-4-6-15/h2-10,14H,11-13H2,1H3,(H,20,21)(H,22,23). The van der Waals surface area contributed by atoms with E-state index in [1.807, 2.05) is 30.3 Å². The Kier molecular flexibility index (Phi) is 6.51. The van der Waals surface area contributed by atoms with Crippen molar-refractivity contribution in [3.8, 4) is 0 Å². The van der Waals surface area contributed by atoms with Gasteiger partial charge in [0.25, 0.3) is 0 Å². The average Bonchev–Trinajstić information content (AvgIpc) is 2.59. The molecule has 0 aliphatic carbocycles. The third-order valence-corrected chi connectivity index (χ3v) is 3.68. The first-order valence-electron chi connectivity index (χ1n) is 7.80. The minimum absolute atomic E-state index is 0.0138. The molecule has 126 valence electrons. The molecule has 0 aliphatic heterocycles. The topological polar surface area (TPSA) is 75.6 Å². The molecule has 2 N–H and O–H groups in total. The molecule has 1 unspecified atom stereocenters. The molecular formula is C19H21NO4. The molecular weight excluding hydrogens is 306 g/mol. The van der Waals surface area contributed by atoms with Gasteiger partial charge >= 0.3 is 5.97 Å². The van der Waals surface area contributed by atoms with Crippen LogP contribution < -0.4 is 5.32 Å². The van der Waals surface area contributed by atoms with Crippen molar-refractivity contribution in [1.29, 1.82) is 0 Å². The van der Waals surface area contributed by atoms with Crippen LogP contribution in [0.4, 0.5) is 5.69 Å². The van der Waals surface area contributed by atoms with E-state index in [2.05, 4.69) is 5.32 Å². The highest BCUT2D eigenvalue weighted by atomic mass is 16.5. The van der Waals surface area contributed by atoms with Crippen molar-refractivity contribution in [1.82, 2.24) is 0 Å². The third kappa shape index (κ3) is 5.52. The molecule has 0 heterocycles. The molecule has 2 aromatic carbocycles. The average molecular weight is 327 g/mol. The predicted molar refractivity (Wildman–Crippen MR) is 92.1 cm³/mol. The number of benzene rings is 2. The van der Waals surface area contributed by atoms with Crippen LogP contribution in [0, 0.1) is 0 Å². The van der Waals surface area contributed by atoms with Crippen LogP contribution in [-0.2, 0) is 20.7 Å². The van der Waals surface area contributed by atoms with E-state index in [4.69, 9.17) is 9.84 Å². The van der Waals surface area contributed by atoms with Gasteiger partial charge in [0.1, 0.15) is 6.61 Å². The molecule has 0 spiro atoms. The second-order valence-electron chi connectivity index (χ2n) is 5.52. The van der Waals surface area contributed by atoms with Crippen LogP contribution in [0.5, 0.6) is 0 Å². The molecule has 0 saturated carbocycles. The first-order valence-corrected chi connectivity index (χ1v) is 7.80. The van der Waals surface area contributed by atoms with E-state index in [1.54, 1.807) is 31.2 Å². The van der Waals surface area contributed by atoms with Gasteiger partial charge in [0.2, 0.25) is 5.91 Å². The Bertz CT molecular complexity index is 668. The van der Waals surface area contributed by atoms with Gasteiger partial charge in [-0.1, -0.05) is 42.5 Å². The smallest absolute Gasteiger partial charge is 0.310 e. The Morgan fingerprint density at radius 3 is 2.38 bits per heavy atom. The highest BCUT2D eigenvalue weighted by Crippen LogP contribution is 2.18. The van der Waals surface area contributed by atoms with E-state index in [9.17, 15) is 9.59 Å². The number of carboxylic acids is 1. The van der Waals surface area contributed by atoms with E-state index in [1.165, 1.54) is 5.56 Å². The minimum Gasteiger partial charge on any atom is -0.481 e. The molecule has 0 bridgehead atoms. The van der Waals surface area contributed by atoms with Crippen molar-refractivity contribution in [3.05, 3.63) is 65.7 Å². The number of carbonyl (C=O) groups excluding carboxylic acids is 1. The maximum Gasteiger partial charge on any atom is 0.310 e. The maximum atomic E-state index is 11.8. The van der Waals surface area contributed by atoms with Crippen LogP contribution in [0.2, 0.25) is 0 Å². The summed E-state index contributed by atoms with van der Waals surface area (Å²) >= 11 is 0. The van der Waals surface area contributed by atoms with Crippen molar-refractivity contribution < 1.29 is 19.4 Å². The van der Waals surface area contributed by atoms with Gasteiger partial charge in [-0.15, -0.1) is 0 Å². The second-order valence-corrected chi connectivity index (χ2v) is 5.52. The van der Waals surface area contributed by atoms with Crippen LogP contribution in [0.1, 0.15) is 24.0 Å². The summed E-state index contributed by atoms with van der Waals surface area (Å²) in [5.74, 6) is -1.68.